The first-order valence-electron chi connectivity index (χ1n) is 5.29. The van der Waals surface area contributed by atoms with Gasteiger partial charge in [0, 0.05) is 32.3 Å². The van der Waals surface area contributed by atoms with E-state index in [1.807, 2.05) is 0 Å². The van der Waals surface area contributed by atoms with E-state index < -0.39 is 17.2 Å². The zero-order valence-corrected chi connectivity index (χ0v) is 9.43. The average molecular weight is 227 g/mol. The van der Waals surface area contributed by atoms with Crippen molar-refractivity contribution in [1.29, 1.82) is 0 Å². The minimum Gasteiger partial charge on any atom is -0.390 e. The van der Waals surface area contributed by atoms with Gasteiger partial charge in [0.2, 0.25) is 0 Å². The van der Waals surface area contributed by atoms with Gasteiger partial charge in [-0.25, -0.2) is 8.78 Å². The highest BCUT2D eigenvalue weighted by molar-refractivity contribution is 5.54. The smallest absolute Gasteiger partial charge is 0.160 e. The first kappa shape index (κ1) is 11.3. The zero-order chi connectivity index (χ0) is 11.9. The third-order valence-electron chi connectivity index (χ3n) is 2.95. The number of aliphatic hydroxyl groups is 1. The van der Waals surface area contributed by atoms with E-state index >= 15 is 0 Å². The fourth-order valence-electron chi connectivity index (χ4n) is 1.81. The van der Waals surface area contributed by atoms with Gasteiger partial charge in [-0.15, -0.1) is 0 Å². The molecule has 0 amide bonds. The van der Waals surface area contributed by atoms with Crippen molar-refractivity contribution in [3.8, 4) is 0 Å². The number of hydrogen-bond donors (Lipinski definition) is 1. The third kappa shape index (κ3) is 2.16. The molecule has 1 aromatic rings. The summed E-state index contributed by atoms with van der Waals surface area (Å²) in [5.41, 5.74) is 0.581. The first-order valence-corrected chi connectivity index (χ1v) is 5.29. The van der Waals surface area contributed by atoms with Gasteiger partial charge in [0.15, 0.2) is 11.6 Å². The van der Waals surface area contributed by atoms with Gasteiger partial charge in [-0.1, -0.05) is 0 Å². The maximum atomic E-state index is 13.1. The van der Waals surface area contributed by atoms with Crippen LogP contribution < -0.4 is 4.90 Å². The molecule has 1 N–H and O–H groups in total. The second kappa shape index (κ2) is 3.70. The molecule has 0 heterocycles. The summed E-state index contributed by atoms with van der Waals surface area (Å²) in [7, 11) is 3.54. The van der Waals surface area contributed by atoms with Crippen molar-refractivity contribution in [3.63, 3.8) is 0 Å². The molecule has 4 heteroatoms. The maximum absolute atomic E-state index is 13.1. The number of halogens is 2. The van der Waals surface area contributed by atoms with Crippen LogP contribution in [0.2, 0.25) is 0 Å². The van der Waals surface area contributed by atoms with Crippen LogP contribution in [-0.4, -0.2) is 24.8 Å². The van der Waals surface area contributed by atoms with Crippen molar-refractivity contribution in [2.45, 2.75) is 24.9 Å². The van der Waals surface area contributed by atoms with Gasteiger partial charge in [0.25, 0.3) is 0 Å². The molecule has 1 aliphatic rings. The largest absolute Gasteiger partial charge is 0.390 e. The average Bonchev–Trinajstić information content (AvgIpc) is 2.89. The Labute approximate surface area is 93.5 Å². The van der Waals surface area contributed by atoms with Crippen LogP contribution in [0, 0.1) is 11.6 Å². The first-order chi connectivity index (χ1) is 7.41. The summed E-state index contributed by atoms with van der Waals surface area (Å²) >= 11 is 0. The van der Waals surface area contributed by atoms with E-state index in [0.717, 1.165) is 12.8 Å². The van der Waals surface area contributed by atoms with Crippen LogP contribution in [0.25, 0.3) is 0 Å². The van der Waals surface area contributed by atoms with E-state index in [1.165, 1.54) is 12.1 Å². The summed E-state index contributed by atoms with van der Waals surface area (Å²) in [6.07, 6.45) is 1.86. The molecule has 16 heavy (non-hydrogen) atoms. The van der Waals surface area contributed by atoms with Gasteiger partial charge < -0.3 is 10.0 Å². The highest BCUT2D eigenvalue weighted by atomic mass is 19.2. The predicted octanol–water partition coefficient (Wildman–Crippen LogP) is 2.10. The Morgan fingerprint density at radius 2 is 1.81 bits per heavy atom. The lowest BCUT2D eigenvalue weighted by Gasteiger charge is -2.19. The van der Waals surface area contributed by atoms with Crippen LogP contribution in [0.5, 0.6) is 0 Å². The number of nitrogens with zero attached hydrogens (tertiary/aromatic N) is 1. The molecule has 88 valence electrons. The third-order valence-corrected chi connectivity index (χ3v) is 2.95. The lowest BCUT2D eigenvalue weighted by Crippen LogP contribution is -2.17. The van der Waals surface area contributed by atoms with Crippen molar-refractivity contribution < 1.29 is 13.9 Å². The summed E-state index contributed by atoms with van der Waals surface area (Å²) in [5.74, 6) is -1.71. The molecule has 0 radical (unpaired) electrons. The summed E-state index contributed by atoms with van der Waals surface area (Å²) in [6, 6.07) is 2.36. The lowest BCUT2D eigenvalue weighted by atomic mass is 10.0. The Morgan fingerprint density at radius 1 is 1.25 bits per heavy atom. The number of rotatable bonds is 3. The molecule has 0 saturated heterocycles. The second-order valence-electron chi connectivity index (χ2n) is 4.69. The summed E-state index contributed by atoms with van der Waals surface area (Å²) in [5, 5.41) is 9.81. The Morgan fingerprint density at radius 3 is 2.31 bits per heavy atom. The van der Waals surface area contributed by atoms with Crippen molar-refractivity contribution in [1.82, 2.24) is 0 Å². The van der Waals surface area contributed by atoms with Gasteiger partial charge >= 0.3 is 0 Å². The van der Waals surface area contributed by atoms with E-state index in [9.17, 15) is 13.9 Å². The molecule has 1 aromatic carbocycles. The monoisotopic (exact) mass is 227 g/mol. The zero-order valence-electron chi connectivity index (χ0n) is 9.43. The Kier molecular flexibility index (Phi) is 2.62. The van der Waals surface area contributed by atoms with Gasteiger partial charge in [0.05, 0.1) is 5.60 Å². The van der Waals surface area contributed by atoms with Gasteiger partial charge in [-0.3, -0.25) is 0 Å². The molecule has 0 aliphatic heterocycles. The van der Waals surface area contributed by atoms with Crippen LogP contribution >= 0.6 is 0 Å². The predicted molar refractivity (Wildman–Crippen MR) is 58.6 cm³/mol. The number of benzene rings is 1. The highest BCUT2D eigenvalue weighted by Crippen LogP contribution is 2.40. The molecular weight excluding hydrogens is 212 g/mol. The SMILES string of the molecule is CN(C)c1cc(F)c(F)cc1CC1(O)CC1. The standard InChI is InChI=1S/C12H15F2NO/c1-15(2)11-6-10(14)9(13)5-8(11)7-12(16)3-4-12/h5-6,16H,3-4,7H2,1-2H3. The molecule has 0 atom stereocenters. The van der Waals surface area contributed by atoms with E-state index in [4.69, 9.17) is 0 Å². The minimum absolute atomic E-state index is 0.387. The molecule has 2 nitrogen and oxygen atoms in total. The molecule has 0 unspecified atom stereocenters. The van der Waals surface area contributed by atoms with E-state index in [-0.39, 0.29) is 0 Å². The van der Waals surface area contributed by atoms with Crippen LogP contribution in [0.1, 0.15) is 18.4 Å². The van der Waals surface area contributed by atoms with Gasteiger partial charge in [0.1, 0.15) is 0 Å². The topological polar surface area (TPSA) is 23.5 Å². The van der Waals surface area contributed by atoms with Gasteiger partial charge in [-0.05, 0) is 24.5 Å². The van der Waals surface area contributed by atoms with Gasteiger partial charge in [-0.2, -0.15) is 0 Å². The Hall–Kier alpha value is -1.16. The minimum atomic E-state index is -0.857. The van der Waals surface area contributed by atoms with Crippen LogP contribution in [0.3, 0.4) is 0 Å². The van der Waals surface area contributed by atoms with E-state index in [2.05, 4.69) is 0 Å². The summed E-state index contributed by atoms with van der Waals surface area (Å²) in [4.78, 5) is 1.73. The second-order valence-corrected chi connectivity index (χ2v) is 4.69. The fraction of sp³-hybridized carbons (Fsp3) is 0.500. The number of hydrogen-bond acceptors (Lipinski definition) is 2. The molecule has 1 fully saturated rings. The normalized spacial score (nSPS) is 17.3. The van der Waals surface area contributed by atoms with Crippen molar-refractivity contribution in [2.24, 2.45) is 0 Å². The van der Waals surface area contributed by atoms with E-state index in [0.29, 0.717) is 17.7 Å². The van der Waals surface area contributed by atoms with E-state index in [1.54, 1.807) is 19.0 Å². The molecule has 1 saturated carbocycles. The highest BCUT2D eigenvalue weighted by Gasteiger charge is 2.40. The Bertz CT molecular complexity index is 414. The fourth-order valence-corrected chi connectivity index (χ4v) is 1.81. The molecular formula is C12H15F2NO. The molecule has 2 rings (SSSR count). The van der Waals surface area contributed by atoms with Crippen molar-refractivity contribution in [3.05, 3.63) is 29.3 Å². The van der Waals surface area contributed by atoms with Crippen molar-refractivity contribution >= 4 is 5.69 Å². The number of anilines is 1. The van der Waals surface area contributed by atoms with Crippen molar-refractivity contribution in [2.75, 3.05) is 19.0 Å². The lowest BCUT2D eigenvalue weighted by molar-refractivity contribution is 0.151. The summed E-state index contributed by atoms with van der Waals surface area (Å²) < 4.78 is 26.2. The molecule has 0 aromatic heterocycles. The quantitative estimate of drug-likeness (QED) is 0.854. The molecule has 0 spiro atoms. The Balaban J connectivity index is 2.37. The van der Waals surface area contributed by atoms with Crippen LogP contribution in [0.15, 0.2) is 12.1 Å². The van der Waals surface area contributed by atoms with Crippen LogP contribution in [-0.2, 0) is 6.42 Å². The molecule has 1 aliphatic carbocycles. The molecule has 0 bridgehead atoms. The van der Waals surface area contributed by atoms with Crippen LogP contribution in [0.4, 0.5) is 14.5 Å². The summed E-state index contributed by atoms with van der Waals surface area (Å²) in [6.45, 7) is 0. The maximum Gasteiger partial charge on any atom is 0.160 e.